The molecule has 37 heavy (non-hydrogen) atoms. The molecular weight excluding hydrogens is 492 g/mol. The number of nitrogens with one attached hydrogen (secondary N) is 1. The monoisotopic (exact) mass is 518 g/mol. The zero-order valence-electron chi connectivity index (χ0n) is 20.2. The van der Waals surface area contributed by atoms with Crippen molar-refractivity contribution in [3.63, 3.8) is 0 Å². The molecule has 0 aliphatic carbocycles. The molecule has 4 heterocycles. The summed E-state index contributed by atoms with van der Waals surface area (Å²) in [5.41, 5.74) is 0.898. The second-order valence-corrected chi connectivity index (χ2v) is 9.82. The first-order valence-corrected chi connectivity index (χ1v) is 11.8. The number of likely N-dealkylation sites (tertiary alicyclic amines) is 1. The quantitative estimate of drug-likeness (QED) is 0.365. The standard InChI is InChI=1S/C25H26F4N6O2/c1-24(2,36)14-34-10-8-20(18(26)13-34)31-23-32-22(37-25(27,28)29)21-17(7-11-35(21)33-23)15-5-6-19-16(12-15)4-3-9-30-19/h3-7,9,11-12,18,20,36H,8,10,13-14H2,1-2H3,(H,31,33)/t18-,20+/m1/s1. The highest BCUT2D eigenvalue weighted by Crippen LogP contribution is 2.35. The Morgan fingerprint density at radius 1 is 1.19 bits per heavy atom. The first-order chi connectivity index (χ1) is 17.4. The fourth-order valence-corrected chi connectivity index (χ4v) is 4.70. The molecule has 2 N–H and O–H groups in total. The Morgan fingerprint density at radius 3 is 2.73 bits per heavy atom. The summed E-state index contributed by atoms with van der Waals surface area (Å²) in [5.74, 6) is -0.869. The largest absolute Gasteiger partial charge is 0.574 e. The lowest BCUT2D eigenvalue weighted by atomic mass is 10.0. The first-order valence-electron chi connectivity index (χ1n) is 11.8. The van der Waals surface area contributed by atoms with Crippen molar-refractivity contribution in [2.75, 3.05) is 25.0 Å². The molecule has 12 heteroatoms. The van der Waals surface area contributed by atoms with Gasteiger partial charge in [-0.25, -0.2) is 8.91 Å². The minimum atomic E-state index is -4.99. The van der Waals surface area contributed by atoms with E-state index in [1.165, 1.54) is 10.7 Å². The predicted octanol–water partition coefficient (Wildman–Crippen LogP) is 4.44. The van der Waals surface area contributed by atoms with Crippen molar-refractivity contribution in [1.82, 2.24) is 24.5 Å². The van der Waals surface area contributed by atoms with E-state index in [0.717, 1.165) is 10.9 Å². The molecule has 1 aliphatic heterocycles. The smallest absolute Gasteiger partial charge is 0.389 e. The average Bonchev–Trinajstić information content (AvgIpc) is 3.23. The summed E-state index contributed by atoms with van der Waals surface area (Å²) in [5, 5.41) is 18.0. The third-order valence-electron chi connectivity index (χ3n) is 6.16. The van der Waals surface area contributed by atoms with Crippen molar-refractivity contribution >= 4 is 22.4 Å². The number of β-amino-alcohol motifs (C(OH)–C–C–N with tert-alkyl or cyclic N) is 1. The van der Waals surface area contributed by atoms with Gasteiger partial charge in [0.2, 0.25) is 5.95 Å². The Morgan fingerprint density at radius 2 is 2.00 bits per heavy atom. The molecule has 8 nitrogen and oxygen atoms in total. The zero-order chi connectivity index (χ0) is 26.4. The lowest BCUT2D eigenvalue weighted by Gasteiger charge is -2.37. The van der Waals surface area contributed by atoms with Gasteiger partial charge in [0.25, 0.3) is 5.88 Å². The van der Waals surface area contributed by atoms with Crippen molar-refractivity contribution in [3.8, 4) is 17.0 Å². The van der Waals surface area contributed by atoms with Crippen LogP contribution in [0.4, 0.5) is 23.5 Å². The van der Waals surface area contributed by atoms with Gasteiger partial charge in [0.05, 0.1) is 17.2 Å². The van der Waals surface area contributed by atoms with Crippen LogP contribution in [0, 0.1) is 0 Å². The molecule has 0 radical (unpaired) electrons. The van der Waals surface area contributed by atoms with E-state index in [-0.39, 0.29) is 18.0 Å². The summed E-state index contributed by atoms with van der Waals surface area (Å²) in [6.45, 7) is 4.18. The van der Waals surface area contributed by atoms with Crippen LogP contribution in [0.15, 0.2) is 48.8 Å². The molecule has 1 fully saturated rings. The van der Waals surface area contributed by atoms with Gasteiger partial charge in [0.15, 0.2) is 0 Å². The number of fused-ring (bicyclic) bond motifs is 2. The Kier molecular flexibility index (Phi) is 6.40. The van der Waals surface area contributed by atoms with Crippen LogP contribution in [0.1, 0.15) is 20.3 Å². The van der Waals surface area contributed by atoms with Crippen LogP contribution in [0.5, 0.6) is 5.88 Å². The summed E-state index contributed by atoms with van der Waals surface area (Å²) in [6, 6.07) is 9.90. The van der Waals surface area contributed by atoms with Gasteiger partial charge in [-0.15, -0.1) is 18.3 Å². The summed E-state index contributed by atoms with van der Waals surface area (Å²) in [6.07, 6.45) is -2.81. The highest BCUT2D eigenvalue weighted by molar-refractivity contribution is 5.90. The van der Waals surface area contributed by atoms with Crippen LogP contribution in [0.3, 0.4) is 0 Å². The van der Waals surface area contributed by atoms with Crippen LogP contribution in [-0.4, -0.2) is 73.4 Å². The van der Waals surface area contributed by atoms with Gasteiger partial charge in [-0.1, -0.05) is 12.1 Å². The van der Waals surface area contributed by atoms with Crippen LogP contribution in [0.25, 0.3) is 27.5 Å². The summed E-state index contributed by atoms with van der Waals surface area (Å²) >= 11 is 0. The van der Waals surface area contributed by atoms with E-state index in [1.807, 2.05) is 17.0 Å². The van der Waals surface area contributed by atoms with E-state index in [4.69, 9.17) is 0 Å². The molecule has 2 atom stereocenters. The van der Waals surface area contributed by atoms with E-state index < -0.39 is 30.1 Å². The Balaban J connectivity index is 1.47. The predicted molar refractivity (Wildman–Crippen MR) is 130 cm³/mol. The van der Waals surface area contributed by atoms with Crippen LogP contribution < -0.4 is 10.1 Å². The second-order valence-electron chi connectivity index (χ2n) is 9.82. The molecule has 0 bridgehead atoms. The number of pyridine rings is 1. The molecule has 1 aliphatic rings. The molecular formula is C25H26F4N6O2. The lowest BCUT2D eigenvalue weighted by molar-refractivity contribution is -0.275. The molecule has 0 unspecified atom stereocenters. The van der Waals surface area contributed by atoms with Gasteiger partial charge in [-0.2, -0.15) is 4.98 Å². The summed E-state index contributed by atoms with van der Waals surface area (Å²) < 4.78 is 60.5. The van der Waals surface area contributed by atoms with Gasteiger partial charge in [-0.3, -0.25) is 9.88 Å². The number of aromatic nitrogens is 4. The lowest BCUT2D eigenvalue weighted by Crippen LogP contribution is -2.51. The molecule has 196 valence electrons. The number of hydrogen-bond donors (Lipinski definition) is 2. The number of rotatable bonds is 6. The van der Waals surface area contributed by atoms with Gasteiger partial charge in [-0.05, 0) is 50.1 Å². The van der Waals surface area contributed by atoms with Crippen molar-refractivity contribution in [3.05, 3.63) is 48.8 Å². The number of aliphatic hydroxyl groups is 1. The maximum absolute atomic E-state index is 14.9. The van der Waals surface area contributed by atoms with Crippen molar-refractivity contribution in [1.29, 1.82) is 0 Å². The molecule has 1 saturated heterocycles. The number of anilines is 1. The molecule has 5 rings (SSSR count). The number of benzene rings is 1. The van der Waals surface area contributed by atoms with Crippen molar-refractivity contribution in [2.24, 2.45) is 0 Å². The summed E-state index contributed by atoms with van der Waals surface area (Å²) in [4.78, 5) is 10.1. The fourth-order valence-electron chi connectivity index (χ4n) is 4.70. The third-order valence-corrected chi connectivity index (χ3v) is 6.16. The van der Waals surface area contributed by atoms with E-state index in [2.05, 4.69) is 25.1 Å². The van der Waals surface area contributed by atoms with Crippen LogP contribution in [0.2, 0.25) is 0 Å². The second kappa shape index (κ2) is 9.42. The molecule has 0 spiro atoms. The molecule has 0 saturated carbocycles. The minimum Gasteiger partial charge on any atom is -0.389 e. The van der Waals surface area contributed by atoms with Gasteiger partial charge in [0, 0.05) is 43.0 Å². The summed E-state index contributed by atoms with van der Waals surface area (Å²) in [7, 11) is 0. The van der Waals surface area contributed by atoms with Crippen molar-refractivity contribution < 1.29 is 27.4 Å². The Hall–Kier alpha value is -3.51. The van der Waals surface area contributed by atoms with Gasteiger partial charge < -0.3 is 15.2 Å². The van der Waals surface area contributed by atoms with Gasteiger partial charge in [0.1, 0.15) is 11.7 Å². The average molecular weight is 519 g/mol. The molecule has 0 amide bonds. The topological polar surface area (TPSA) is 87.8 Å². The number of nitrogens with zero attached hydrogens (tertiary/aromatic N) is 5. The minimum absolute atomic E-state index is 0.0305. The number of halogens is 4. The maximum atomic E-state index is 14.9. The molecule has 1 aromatic carbocycles. The maximum Gasteiger partial charge on any atom is 0.574 e. The fraction of sp³-hybridized carbons (Fsp3) is 0.400. The van der Waals surface area contributed by atoms with E-state index in [9.17, 15) is 22.7 Å². The van der Waals surface area contributed by atoms with E-state index in [1.54, 1.807) is 44.3 Å². The molecule has 4 aromatic rings. The number of hydrogen-bond acceptors (Lipinski definition) is 7. The third kappa shape index (κ3) is 5.75. The number of alkyl halides is 4. The highest BCUT2D eigenvalue weighted by Gasteiger charge is 2.35. The zero-order valence-corrected chi connectivity index (χ0v) is 20.2. The first kappa shape index (κ1) is 25.2. The van der Waals surface area contributed by atoms with E-state index in [0.29, 0.717) is 30.6 Å². The Labute approximate surface area is 209 Å². The molecule has 3 aromatic heterocycles. The Bertz CT molecular complexity index is 1420. The van der Waals surface area contributed by atoms with Crippen LogP contribution in [-0.2, 0) is 0 Å². The number of ether oxygens (including phenoxy) is 1. The van der Waals surface area contributed by atoms with E-state index >= 15 is 0 Å². The van der Waals surface area contributed by atoms with Crippen LogP contribution >= 0.6 is 0 Å². The SMILES string of the molecule is CC(C)(O)CN1CC[C@H](Nc2nc(OC(F)(F)F)c3c(-c4ccc5ncccc5c4)ccn3n2)[C@H](F)C1. The van der Waals surface area contributed by atoms with Gasteiger partial charge >= 0.3 is 6.36 Å². The van der Waals surface area contributed by atoms with Crippen molar-refractivity contribution in [2.45, 2.75) is 44.4 Å². The highest BCUT2D eigenvalue weighted by atomic mass is 19.4. The number of piperidine rings is 1. The normalized spacial score (nSPS) is 19.4.